The highest BCUT2D eigenvalue weighted by molar-refractivity contribution is 7.21. The number of carboxylic acids is 1. The summed E-state index contributed by atoms with van der Waals surface area (Å²) in [6, 6.07) is 7.82. The number of ether oxygens (including phenoxy) is 2. The molecule has 0 spiro atoms. The highest BCUT2D eigenvalue weighted by Gasteiger charge is 2.21. The lowest BCUT2D eigenvalue weighted by molar-refractivity contribution is -0.137. The molecule has 1 atom stereocenters. The summed E-state index contributed by atoms with van der Waals surface area (Å²) in [5.74, 6) is -0.214. The van der Waals surface area contributed by atoms with Gasteiger partial charge in [0.05, 0.1) is 12.7 Å². The molecule has 1 heterocycles. The van der Waals surface area contributed by atoms with Crippen molar-refractivity contribution in [2.24, 2.45) is 0 Å². The second kappa shape index (κ2) is 10.3. The van der Waals surface area contributed by atoms with E-state index >= 15 is 0 Å². The highest BCUT2D eigenvalue weighted by Crippen LogP contribution is 2.38. The van der Waals surface area contributed by atoms with Crippen LogP contribution in [0.2, 0.25) is 0 Å². The van der Waals surface area contributed by atoms with Crippen molar-refractivity contribution in [2.45, 2.75) is 38.7 Å². The van der Waals surface area contributed by atoms with Crippen molar-refractivity contribution in [2.75, 3.05) is 27.3 Å². The maximum Gasteiger partial charge on any atom is 0.303 e. The van der Waals surface area contributed by atoms with Crippen molar-refractivity contribution in [3.63, 3.8) is 0 Å². The lowest BCUT2D eigenvalue weighted by Crippen LogP contribution is -2.21. The molecule has 0 radical (unpaired) electrons. The molecule has 1 aromatic carbocycles. The number of carbonyl (C=O) groups excluding carboxylic acids is 1. The Balaban J connectivity index is 1.88. The Labute approximate surface area is 163 Å². The summed E-state index contributed by atoms with van der Waals surface area (Å²) in [5.41, 5.74) is 0. The Bertz CT molecular complexity index is 771. The summed E-state index contributed by atoms with van der Waals surface area (Å²) in [4.78, 5) is 25.1. The minimum absolute atomic E-state index is 0.0458. The number of carbonyl (C=O) groups is 2. The van der Waals surface area contributed by atoms with Crippen LogP contribution in [0.4, 0.5) is 0 Å². The molecule has 1 aromatic heterocycles. The van der Waals surface area contributed by atoms with Crippen molar-refractivity contribution in [3.05, 3.63) is 29.1 Å². The molecule has 0 aliphatic carbocycles. The molecule has 0 saturated heterocycles. The largest absolute Gasteiger partial charge is 0.489 e. The van der Waals surface area contributed by atoms with E-state index in [1.807, 2.05) is 31.2 Å². The first-order chi connectivity index (χ1) is 12.9. The Hall–Kier alpha value is -2.12. The number of hydrogen-bond acceptors (Lipinski definition) is 5. The minimum atomic E-state index is -0.761. The molecule has 1 N–H and O–H groups in total. The van der Waals surface area contributed by atoms with Gasteiger partial charge in [0.25, 0.3) is 5.91 Å². The normalized spacial score (nSPS) is 12.1. The van der Waals surface area contributed by atoms with Gasteiger partial charge in [-0.2, -0.15) is 0 Å². The zero-order chi connectivity index (χ0) is 19.8. The number of hydrogen-bond donors (Lipinski definition) is 1. The summed E-state index contributed by atoms with van der Waals surface area (Å²) < 4.78 is 12.7. The molecular weight excluding hydrogens is 366 g/mol. The van der Waals surface area contributed by atoms with Gasteiger partial charge in [-0.1, -0.05) is 18.6 Å². The average molecular weight is 394 g/mol. The molecule has 0 bridgehead atoms. The van der Waals surface area contributed by atoms with E-state index in [1.165, 1.54) is 11.3 Å². The van der Waals surface area contributed by atoms with Crippen LogP contribution in [0.5, 0.6) is 5.75 Å². The molecule has 2 rings (SSSR count). The average Bonchev–Trinajstić information content (AvgIpc) is 3.00. The van der Waals surface area contributed by atoms with Crippen LogP contribution in [0.3, 0.4) is 0 Å². The smallest absolute Gasteiger partial charge is 0.303 e. The first-order valence-corrected chi connectivity index (χ1v) is 9.91. The van der Waals surface area contributed by atoms with Crippen LogP contribution in [0.15, 0.2) is 24.3 Å². The molecule has 148 valence electrons. The van der Waals surface area contributed by atoms with Gasteiger partial charge in [-0.3, -0.25) is 9.59 Å². The topological polar surface area (TPSA) is 76.1 Å². The van der Waals surface area contributed by atoms with E-state index in [4.69, 9.17) is 14.6 Å². The lowest BCUT2D eigenvalue weighted by Gasteiger charge is -2.14. The van der Waals surface area contributed by atoms with Crippen LogP contribution in [0.1, 0.15) is 42.3 Å². The molecule has 0 saturated carbocycles. The number of carboxylic acid groups (broad SMARTS) is 1. The van der Waals surface area contributed by atoms with Crippen LogP contribution in [0.25, 0.3) is 10.1 Å². The Morgan fingerprint density at radius 3 is 2.63 bits per heavy atom. The standard InChI is InChI=1S/C20H27NO5S/c1-14(8-4-7-11-17(22)23)25-12-13-26-18-15-9-5-6-10-16(15)27-19(18)20(24)21(2)3/h5-6,9-10,14H,4,7-8,11-13H2,1-3H3,(H,22,23). The van der Waals surface area contributed by atoms with E-state index in [2.05, 4.69) is 0 Å². The molecule has 7 heteroatoms. The van der Waals surface area contributed by atoms with Crippen LogP contribution in [0, 0.1) is 0 Å². The van der Waals surface area contributed by atoms with E-state index in [-0.39, 0.29) is 18.4 Å². The summed E-state index contributed by atoms with van der Waals surface area (Å²) >= 11 is 1.44. The van der Waals surface area contributed by atoms with E-state index in [0.29, 0.717) is 30.3 Å². The summed E-state index contributed by atoms with van der Waals surface area (Å²) in [6.07, 6.45) is 2.55. The van der Waals surface area contributed by atoms with Gasteiger partial charge in [0.2, 0.25) is 0 Å². The maximum atomic E-state index is 12.5. The van der Waals surface area contributed by atoms with Gasteiger partial charge in [-0.25, -0.2) is 0 Å². The number of unbranched alkanes of at least 4 members (excludes halogenated alkanes) is 1. The maximum absolute atomic E-state index is 12.5. The summed E-state index contributed by atoms with van der Waals surface area (Å²) in [7, 11) is 3.46. The van der Waals surface area contributed by atoms with Crippen molar-refractivity contribution in [1.29, 1.82) is 0 Å². The predicted octanol–water partition coefficient (Wildman–Crippen LogP) is 4.03. The number of fused-ring (bicyclic) bond motifs is 1. The fourth-order valence-corrected chi connectivity index (χ4v) is 3.86. The van der Waals surface area contributed by atoms with Crippen molar-refractivity contribution in [3.8, 4) is 5.75 Å². The van der Waals surface area contributed by atoms with Gasteiger partial charge in [-0.15, -0.1) is 11.3 Å². The SMILES string of the molecule is CC(CCCCC(=O)O)OCCOc1c(C(=O)N(C)C)sc2ccccc12. The highest BCUT2D eigenvalue weighted by atomic mass is 32.1. The minimum Gasteiger partial charge on any atom is -0.489 e. The third kappa shape index (κ3) is 6.22. The van der Waals surface area contributed by atoms with E-state index in [0.717, 1.165) is 22.9 Å². The number of nitrogens with zero attached hydrogens (tertiary/aromatic N) is 1. The van der Waals surface area contributed by atoms with Crippen molar-refractivity contribution in [1.82, 2.24) is 4.90 Å². The molecule has 6 nitrogen and oxygen atoms in total. The predicted molar refractivity (Wildman–Crippen MR) is 107 cm³/mol. The quantitative estimate of drug-likeness (QED) is 0.583. The molecule has 1 amide bonds. The summed E-state index contributed by atoms with van der Waals surface area (Å²) in [6.45, 7) is 2.75. The van der Waals surface area contributed by atoms with Crippen molar-refractivity contribution >= 4 is 33.3 Å². The van der Waals surface area contributed by atoms with Gasteiger partial charge >= 0.3 is 5.97 Å². The monoisotopic (exact) mass is 393 g/mol. The zero-order valence-corrected chi connectivity index (χ0v) is 16.9. The van der Waals surface area contributed by atoms with Crippen LogP contribution < -0.4 is 4.74 Å². The second-order valence-corrected chi connectivity index (χ2v) is 7.68. The van der Waals surface area contributed by atoms with E-state index < -0.39 is 5.97 Å². The second-order valence-electron chi connectivity index (χ2n) is 6.63. The molecule has 0 aliphatic rings. The fraction of sp³-hybridized carbons (Fsp3) is 0.500. The van der Waals surface area contributed by atoms with Gasteiger partial charge in [-0.05, 0) is 31.9 Å². The first-order valence-electron chi connectivity index (χ1n) is 9.09. The Kier molecular flexibility index (Phi) is 8.06. The van der Waals surface area contributed by atoms with Crippen molar-refractivity contribution < 1.29 is 24.2 Å². The number of thiophene rings is 1. The number of benzene rings is 1. The van der Waals surface area contributed by atoms with E-state index in [9.17, 15) is 9.59 Å². The Morgan fingerprint density at radius 2 is 1.93 bits per heavy atom. The molecular formula is C20H27NO5S. The van der Waals surface area contributed by atoms with E-state index in [1.54, 1.807) is 19.0 Å². The van der Waals surface area contributed by atoms with Gasteiger partial charge in [0.1, 0.15) is 11.5 Å². The number of rotatable bonds is 11. The third-order valence-electron chi connectivity index (χ3n) is 4.13. The Morgan fingerprint density at radius 1 is 1.19 bits per heavy atom. The molecule has 0 fully saturated rings. The molecule has 2 aromatic rings. The van der Waals surface area contributed by atoms with Gasteiger partial charge in [0, 0.05) is 30.6 Å². The van der Waals surface area contributed by atoms with Gasteiger partial charge in [0.15, 0.2) is 5.75 Å². The number of amides is 1. The molecule has 0 aliphatic heterocycles. The fourth-order valence-electron chi connectivity index (χ4n) is 2.69. The third-order valence-corrected chi connectivity index (χ3v) is 5.27. The summed E-state index contributed by atoms with van der Waals surface area (Å²) in [5, 5.41) is 9.58. The molecule has 27 heavy (non-hydrogen) atoms. The van der Waals surface area contributed by atoms with Crippen LogP contribution in [-0.2, 0) is 9.53 Å². The lowest BCUT2D eigenvalue weighted by atomic mass is 10.1. The van der Waals surface area contributed by atoms with Crippen LogP contribution >= 0.6 is 11.3 Å². The zero-order valence-electron chi connectivity index (χ0n) is 16.1. The number of aliphatic carboxylic acids is 1. The molecule has 1 unspecified atom stereocenters. The first kappa shape index (κ1) is 21.2. The van der Waals surface area contributed by atoms with Gasteiger partial charge < -0.3 is 19.5 Å². The van der Waals surface area contributed by atoms with Crippen LogP contribution in [-0.4, -0.2) is 55.3 Å².